The second-order valence-electron chi connectivity index (χ2n) is 5.09. The van der Waals surface area contributed by atoms with Gasteiger partial charge in [-0.3, -0.25) is 14.9 Å². The van der Waals surface area contributed by atoms with Gasteiger partial charge in [-0.15, -0.1) is 0 Å². The molecule has 1 amide bonds. The molecule has 120 valence electrons. The van der Waals surface area contributed by atoms with Gasteiger partial charge in [0, 0.05) is 17.8 Å². The van der Waals surface area contributed by atoms with Crippen LogP contribution < -0.4 is 10.1 Å². The van der Waals surface area contributed by atoms with Crippen molar-refractivity contribution in [1.29, 1.82) is 0 Å². The minimum absolute atomic E-state index is 0.0192. The fraction of sp³-hybridized carbons (Fsp3) is 0.235. The molecule has 0 heterocycles. The molecule has 0 radical (unpaired) electrons. The summed E-state index contributed by atoms with van der Waals surface area (Å²) >= 11 is 0. The van der Waals surface area contributed by atoms with Crippen LogP contribution in [-0.4, -0.2) is 16.9 Å². The summed E-state index contributed by atoms with van der Waals surface area (Å²) in [6.07, 6.45) is 0.934. The van der Waals surface area contributed by atoms with Crippen molar-refractivity contribution in [2.75, 3.05) is 5.32 Å². The first-order valence-electron chi connectivity index (χ1n) is 7.32. The van der Waals surface area contributed by atoms with Gasteiger partial charge in [0.25, 0.3) is 11.6 Å². The summed E-state index contributed by atoms with van der Waals surface area (Å²) in [5, 5.41) is 13.7. The zero-order valence-corrected chi connectivity index (χ0v) is 13.0. The quantitative estimate of drug-likeness (QED) is 0.645. The molecule has 0 saturated heterocycles. The molecule has 0 saturated carbocycles. The number of carbonyl (C=O) groups excluding carboxylic acids is 1. The topological polar surface area (TPSA) is 81.5 Å². The van der Waals surface area contributed by atoms with Gasteiger partial charge in [-0.2, -0.15) is 0 Å². The lowest BCUT2D eigenvalue weighted by molar-refractivity contribution is -0.385. The molecule has 0 aromatic heterocycles. The summed E-state index contributed by atoms with van der Waals surface area (Å²) in [6.45, 7) is 3.98. The second kappa shape index (κ2) is 7.40. The molecule has 0 aliphatic carbocycles. The van der Waals surface area contributed by atoms with Gasteiger partial charge in [0.2, 0.25) is 0 Å². The Labute approximate surface area is 134 Å². The lowest BCUT2D eigenvalue weighted by Gasteiger charge is -2.13. The maximum Gasteiger partial charge on any atom is 0.282 e. The van der Waals surface area contributed by atoms with Gasteiger partial charge in [-0.1, -0.05) is 25.1 Å². The third kappa shape index (κ3) is 4.29. The van der Waals surface area contributed by atoms with Crippen LogP contribution in [0.5, 0.6) is 5.75 Å². The van der Waals surface area contributed by atoms with Gasteiger partial charge < -0.3 is 10.1 Å². The van der Waals surface area contributed by atoms with Crippen molar-refractivity contribution in [3.05, 3.63) is 64.2 Å². The minimum atomic E-state index is -0.572. The molecule has 6 nitrogen and oxygen atoms in total. The Morgan fingerprint density at radius 1 is 1.26 bits per heavy atom. The van der Waals surface area contributed by atoms with E-state index in [2.05, 4.69) is 5.32 Å². The summed E-state index contributed by atoms with van der Waals surface area (Å²) in [4.78, 5) is 22.7. The summed E-state index contributed by atoms with van der Waals surface area (Å²) in [7, 11) is 0. The normalized spacial score (nSPS) is 11.6. The van der Waals surface area contributed by atoms with Crippen molar-refractivity contribution in [3.63, 3.8) is 0 Å². The van der Waals surface area contributed by atoms with Gasteiger partial charge in [-0.25, -0.2) is 0 Å². The van der Waals surface area contributed by atoms with Gasteiger partial charge >= 0.3 is 0 Å². The highest BCUT2D eigenvalue weighted by Crippen LogP contribution is 2.22. The van der Waals surface area contributed by atoms with Crippen LogP contribution >= 0.6 is 0 Å². The van der Waals surface area contributed by atoms with Crippen LogP contribution in [0.3, 0.4) is 0 Å². The fourth-order valence-corrected chi connectivity index (χ4v) is 1.99. The Kier molecular flexibility index (Phi) is 5.30. The van der Waals surface area contributed by atoms with Crippen LogP contribution in [0.1, 0.15) is 30.6 Å². The van der Waals surface area contributed by atoms with Crippen molar-refractivity contribution in [2.45, 2.75) is 26.4 Å². The maximum atomic E-state index is 12.3. The highest BCUT2D eigenvalue weighted by Gasteiger charge is 2.19. The third-order valence-electron chi connectivity index (χ3n) is 3.35. The van der Waals surface area contributed by atoms with Crippen molar-refractivity contribution in [3.8, 4) is 5.75 Å². The number of nitro benzene ring substituents is 1. The van der Waals surface area contributed by atoms with E-state index in [-0.39, 0.29) is 17.4 Å². The Morgan fingerprint density at radius 3 is 2.70 bits per heavy atom. The first-order valence-corrected chi connectivity index (χ1v) is 7.32. The zero-order valence-electron chi connectivity index (χ0n) is 13.0. The molecule has 6 heteroatoms. The van der Waals surface area contributed by atoms with E-state index < -0.39 is 10.8 Å². The number of anilines is 1. The molecule has 0 fully saturated rings. The average molecular weight is 314 g/mol. The van der Waals surface area contributed by atoms with Crippen molar-refractivity contribution in [2.24, 2.45) is 0 Å². The van der Waals surface area contributed by atoms with Gasteiger partial charge in [0.15, 0.2) is 0 Å². The molecule has 2 aromatic carbocycles. The SMILES string of the molecule is CCC(C)Oc1cccc(NC(=O)c2ccccc2[N+](=O)[O-])c1. The molecule has 2 rings (SSSR count). The predicted molar refractivity (Wildman–Crippen MR) is 87.9 cm³/mol. The second-order valence-corrected chi connectivity index (χ2v) is 5.09. The molecular weight excluding hydrogens is 296 g/mol. The Hall–Kier alpha value is -2.89. The van der Waals surface area contributed by atoms with Crippen LogP contribution in [-0.2, 0) is 0 Å². The van der Waals surface area contributed by atoms with Crippen LogP contribution in [0.2, 0.25) is 0 Å². The van der Waals surface area contributed by atoms with E-state index in [9.17, 15) is 14.9 Å². The Morgan fingerprint density at radius 2 is 2.00 bits per heavy atom. The first-order chi connectivity index (χ1) is 11.0. The lowest BCUT2D eigenvalue weighted by Crippen LogP contribution is -2.14. The molecule has 1 atom stereocenters. The predicted octanol–water partition coefficient (Wildman–Crippen LogP) is 4.02. The van der Waals surface area contributed by atoms with Crippen molar-refractivity contribution >= 4 is 17.3 Å². The highest BCUT2D eigenvalue weighted by molar-refractivity contribution is 6.07. The smallest absolute Gasteiger partial charge is 0.282 e. The van der Waals surface area contributed by atoms with E-state index in [1.807, 2.05) is 13.8 Å². The molecule has 1 N–H and O–H groups in total. The van der Waals surface area contributed by atoms with E-state index in [1.165, 1.54) is 18.2 Å². The summed E-state index contributed by atoms with van der Waals surface area (Å²) in [5.41, 5.74) is 0.316. The number of para-hydroxylation sites is 1. The molecule has 0 aliphatic rings. The van der Waals surface area contributed by atoms with E-state index >= 15 is 0 Å². The van der Waals surface area contributed by atoms with E-state index in [4.69, 9.17) is 4.74 Å². The van der Waals surface area contributed by atoms with Gasteiger partial charge in [0.1, 0.15) is 11.3 Å². The number of hydrogen-bond donors (Lipinski definition) is 1. The van der Waals surface area contributed by atoms with Crippen LogP contribution in [0.4, 0.5) is 11.4 Å². The lowest BCUT2D eigenvalue weighted by atomic mass is 10.1. The van der Waals surface area contributed by atoms with E-state index in [0.717, 1.165) is 6.42 Å². The molecule has 0 bridgehead atoms. The number of nitrogens with zero attached hydrogens (tertiary/aromatic N) is 1. The zero-order chi connectivity index (χ0) is 16.8. The number of hydrogen-bond acceptors (Lipinski definition) is 4. The molecule has 1 unspecified atom stereocenters. The standard InChI is InChI=1S/C17H18N2O4/c1-3-12(2)23-14-8-6-7-13(11-14)18-17(20)15-9-4-5-10-16(15)19(21)22/h4-12H,3H2,1-2H3,(H,18,20). The summed E-state index contributed by atoms with van der Waals surface area (Å²) in [5.74, 6) is 0.109. The Balaban J connectivity index is 2.18. The molecule has 0 aliphatic heterocycles. The summed E-state index contributed by atoms with van der Waals surface area (Å²) < 4.78 is 5.69. The number of amides is 1. The van der Waals surface area contributed by atoms with Crippen molar-refractivity contribution in [1.82, 2.24) is 0 Å². The number of nitrogens with one attached hydrogen (secondary N) is 1. The third-order valence-corrected chi connectivity index (χ3v) is 3.35. The van der Waals surface area contributed by atoms with Crippen molar-refractivity contribution < 1.29 is 14.5 Å². The van der Waals surface area contributed by atoms with Gasteiger partial charge in [-0.05, 0) is 31.5 Å². The monoisotopic (exact) mass is 314 g/mol. The fourth-order valence-electron chi connectivity index (χ4n) is 1.99. The largest absolute Gasteiger partial charge is 0.491 e. The maximum absolute atomic E-state index is 12.3. The molecule has 2 aromatic rings. The molecule has 23 heavy (non-hydrogen) atoms. The molecule has 0 spiro atoms. The Bertz CT molecular complexity index is 715. The number of rotatable bonds is 6. The van der Waals surface area contributed by atoms with Crippen LogP contribution in [0, 0.1) is 10.1 Å². The number of carbonyl (C=O) groups is 1. The number of ether oxygens (including phenoxy) is 1. The minimum Gasteiger partial charge on any atom is -0.491 e. The first kappa shape index (κ1) is 16.5. The van der Waals surface area contributed by atoms with Crippen LogP contribution in [0.25, 0.3) is 0 Å². The number of benzene rings is 2. The van der Waals surface area contributed by atoms with Crippen LogP contribution in [0.15, 0.2) is 48.5 Å². The average Bonchev–Trinajstić information content (AvgIpc) is 2.55. The number of nitro groups is 1. The van der Waals surface area contributed by atoms with E-state index in [1.54, 1.807) is 30.3 Å². The highest BCUT2D eigenvalue weighted by atomic mass is 16.6. The molecular formula is C17H18N2O4. The summed E-state index contributed by atoms with van der Waals surface area (Å²) in [6, 6.07) is 12.8. The van der Waals surface area contributed by atoms with E-state index in [0.29, 0.717) is 11.4 Å². The van der Waals surface area contributed by atoms with Gasteiger partial charge in [0.05, 0.1) is 11.0 Å².